The zero-order chi connectivity index (χ0) is 13.3. The van der Waals surface area contributed by atoms with Crippen molar-refractivity contribution in [1.82, 2.24) is 10.3 Å². The standard InChI is InChI=1S/C13H14N2OS2/c1-13(2,3)10-5-4-8(7-14-10)6-9-11(16)15-12(17)18-9/h4-7H,1-3H3,(H,15,16,17). The van der Waals surface area contributed by atoms with E-state index in [1.54, 1.807) is 12.3 Å². The van der Waals surface area contributed by atoms with E-state index < -0.39 is 0 Å². The maximum Gasteiger partial charge on any atom is 0.263 e. The number of hydrogen-bond donors (Lipinski definition) is 1. The second-order valence-corrected chi connectivity index (χ2v) is 6.80. The maximum absolute atomic E-state index is 11.5. The fraction of sp³-hybridized carbons (Fsp3) is 0.308. The molecule has 0 unspecified atom stereocenters. The predicted octanol–water partition coefficient (Wildman–Crippen LogP) is 2.87. The summed E-state index contributed by atoms with van der Waals surface area (Å²) in [6, 6.07) is 3.96. The lowest BCUT2D eigenvalue weighted by Crippen LogP contribution is -2.17. The Bertz CT molecular complexity index is 527. The van der Waals surface area contributed by atoms with Crippen molar-refractivity contribution in [2.75, 3.05) is 0 Å². The number of rotatable bonds is 1. The molecular formula is C13H14N2OS2. The van der Waals surface area contributed by atoms with Crippen LogP contribution in [0.3, 0.4) is 0 Å². The number of nitrogens with zero attached hydrogens (tertiary/aromatic N) is 1. The van der Waals surface area contributed by atoms with Gasteiger partial charge in [0.05, 0.1) is 4.91 Å². The van der Waals surface area contributed by atoms with Gasteiger partial charge in [-0.3, -0.25) is 9.78 Å². The van der Waals surface area contributed by atoms with E-state index in [0.29, 0.717) is 9.23 Å². The number of thiocarbonyl (C=S) groups is 1. The molecule has 0 radical (unpaired) electrons. The van der Waals surface area contributed by atoms with Crippen molar-refractivity contribution in [3.8, 4) is 0 Å². The van der Waals surface area contributed by atoms with Gasteiger partial charge in [0.25, 0.3) is 5.91 Å². The second-order valence-electron chi connectivity index (χ2n) is 5.08. The van der Waals surface area contributed by atoms with Gasteiger partial charge < -0.3 is 5.32 Å². The Kier molecular flexibility index (Phi) is 3.54. The summed E-state index contributed by atoms with van der Waals surface area (Å²) in [5.41, 5.74) is 1.97. The molecule has 94 valence electrons. The van der Waals surface area contributed by atoms with Crippen LogP contribution in [-0.2, 0) is 10.2 Å². The van der Waals surface area contributed by atoms with Crippen LogP contribution in [-0.4, -0.2) is 15.2 Å². The first-order chi connectivity index (χ1) is 8.36. The fourth-order valence-corrected chi connectivity index (χ4v) is 2.55. The minimum absolute atomic E-state index is 0.0344. The lowest BCUT2D eigenvalue weighted by molar-refractivity contribution is -0.115. The summed E-state index contributed by atoms with van der Waals surface area (Å²) in [4.78, 5) is 16.5. The molecule has 1 aliphatic heterocycles. The van der Waals surface area contributed by atoms with E-state index in [-0.39, 0.29) is 11.3 Å². The third-order valence-corrected chi connectivity index (χ3v) is 3.66. The van der Waals surface area contributed by atoms with Gasteiger partial charge >= 0.3 is 0 Å². The Balaban J connectivity index is 2.24. The molecule has 1 aromatic rings. The van der Waals surface area contributed by atoms with Crippen molar-refractivity contribution >= 4 is 40.3 Å². The topological polar surface area (TPSA) is 42.0 Å². The molecule has 3 nitrogen and oxygen atoms in total. The van der Waals surface area contributed by atoms with Crippen LogP contribution in [0.15, 0.2) is 23.2 Å². The molecule has 0 aromatic carbocycles. The van der Waals surface area contributed by atoms with Crippen LogP contribution in [0.4, 0.5) is 0 Å². The van der Waals surface area contributed by atoms with Gasteiger partial charge in [-0.05, 0) is 17.7 Å². The molecule has 1 aliphatic rings. The van der Waals surface area contributed by atoms with E-state index in [0.717, 1.165) is 11.3 Å². The summed E-state index contributed by atoms with van der Waals surface area (Å²) >= 11 is 6.22. The van der Waals surface area contributed by atoms with Crippen molar-refractivity contribution in [1.29, 1.82) is 0 Å². The largest absolute Gasteiger partial charge is 0.307 e. The van der Waals surface area contributed by atoms with E-state index in [1.807, 2.05) is 12.1 Å². The van der Waals surface area contributed by atoms with Crippen molar-refractivity contribution in [3.63, 3.8) is 0 Å². The van der Waals surface area contributed by atoms with Crippen LogP contribution in [0.2, 0.25) is 0 Å². The summed E-state index contributed by atoms with van der Waals surface area (Å²) in [5.74, 6) is -0.134. The first-order valence-electron chi connectivity index (χ1n) is 5.58. The number of pyridine rings is 1. The number of hydrogen-bond acceptors (Lipinski definition) is 4. The van der Waals surface area contributed by atoms with Crippen LogP contribution in [0.25, 0.3) is 6.08 Å². The average molecular weight is 278 g/mol. The third-order valence-electron chi connectivity index (χ3n) is 2.49. The van der Waals surface area contributed by atoms with E-state index in [4.69, 9.17) is 12.2 Å². The molecular weight excluding hydrogens is 264 g/mol. The Morgan fingerprint density at radius 2 is 2.11 bits per heavy atom. The lowest BCUT2D eigenvalue weighted by Gasteiger charge is -2.17. The molecule has 5 heteroatoms. The minimum atomic E-state index is -0.134. The monoisotopic (exact) mass is 278 g/mol. The Morgan fingerprint density at radius 1 is 1.39 bits per heavy atom. The van der Waals surface area contributed by atoms with E-state index in [9.17, 15) is 4.79 Å². The first kappa shape index (κ1) is 13.2. The minimum Gasteiger partial charge on any atom is -0.307 e. The van der Waals surface area contributed by atoms with Crippen molar-refractivity contribution in [2.45, 2.75) is 26.2 Å². The van der Waals surface area contributed by atoms with Gasteiger partial charge in [-0.15, -0.1) is 0 Å². The summed E-state index contributed by atoms with van der Waals surface area (Å²) in [6.07, 6.45) is 3.58. The molecule has 0 saturated carbocycles. The molecule has 2 rings (SSSR count). The van der Waals surface area contributed by atoms with E-state index in [1.165, 1.54) is 11.8 Å². The van der Waals surface area contributed by atoms with Gasteiger partial charge in [0.2, 0.25) is 0 Å². The number of nitrogens with one attached hydrogen (secondary N) is 1. The van der Waals surface area contributed by atoms with Crippen LogP contribution < -0.4 is 5.32 Å². The average Bonchev–Trinajstić information content (AvgIpc) is 2.57. The molecule has 0 bridgehead atoms. The van der Waals surface area contributed by atoms with Gasteiger partial charge in [-0.25, -0.2) is 0 Å². The highest BCUT2D eigenvalue weighted by molar-refractivity contribution is 8.26. The first-order valence-corrected chi connectivity index (χ1v) is 6.80. The van der Waals surface area contributed by atoms with Crippen LogP contribution in [0, 0.1) is 0 Å². The third kappa shape index (κ3) is 2.97. The van der Waals surface area contributed by atoms with E-state index >= 15 is 0 Å². The van der Waals surface area contributed by atoms with Crippen molar-refractivity contribution in [2.24, 2.45) is 0 Å². The van der Waals surface area contributed by atoms with Crippen molar-refractivity contribution < 1.29 is 4.79 Å². The van der Waals surface area contributed by atoms with Gasteiger partial charge in [-0.2, -0.15) is 0 Å². The lowest BCUT2D eigenvalue weighted by atomic mass is 9.91. The summed E-state index contributed by atoms with van der Waals surface area (Å²) in [5, 5.41) is 2.59. The van der Waals surface area contributed by atoms with Gasteiger partial charge in [-0.1, -0.05) is 50.8 Å². The summed E-state index contributed by atoms with van der Waals surface area (Å²) in [6.45, 7) is 6.35. The smallest absolute Gasteiger partial charge is 0.263 e. The molecule has 1 aromatic heterocycles. The SMILES string of the molecule is CC(C)(C)c1ccc(C=C2SC(=S)NC2=O)cn1. The van der Waals surface area contributed by atoms with Gasteiger partial charge in [0.1, 0.15) is 4.32 Å². The zero-order valence-corrected chi connectivity index (χ0v) is 12.1. The number of thioether (sulfide) groups is 1. The van der Waals surface area contributed by atoms with Crippen LogP contribution >= 0.6 is 24.0 Å². The molecule has 18 heavy (non-hydrogen) atoms. The highest BCUT2D eigenvalue weighted by Crippen LogP contribution is 2.26. The number of aromatic nitrogens is 1. The molecule has 1 amide bonds. The van der Waals surface area contributed by atoms with Gasteiger partial charge in [0.15, 0.2) is 0 Å². The highest BCUT2D eigenvalue weighted by atomic mass is 32.2. The molecule has 1 saturated heterocycles. The molecule has 0 aliphatic carbocycles. The second kappa shape index (κ2) is 4.82. The van der Waals surface area contributed by atoms with E-state index in [2.05, 4.69) is 31.1 Å². The molecule has 0 spiro atoms. The fourth-order valence-electron chi connectivity index (χ4n) is 1.51. The number of amides is 1. The predicted molar refractivity (Wildman–Crippen MR) is 79.2 cm³/mol. The Morgan fingerprint density at radius 3 is 2.56 bits per heavy atom. The summed E-state index contributed by atoms with van der Waals surface area (Å²) < 4.78 is 0.505. The van der Waals surface area contributed by atoms with Crippen molar-refractivity contribution in [3.05, 3.63) is 34.5 Å². The molecule has 2 heterocycles. The van der Waals surface area contributed by atoms with Gasteiger partial charge in [0, 0.05) is 17.3 Å². The maximum atomic E-state index is 11.5. The van der Waals surface area contributed by atoms with Crippen LogP contribution in [0.1, 0.15) is 32.0 Å². The highest BCUT2D eigenvalue weighted by Gasteiger charge is 2.22. The quantitative estimate of drug-likeness (QED) is 0.633. The zero-order valence-electron chi connectivity index (χ0n) is 10.5. The Labute approximate surface area is 116 Å². The normalized spacial score (nSPS) is 18.3. The molecule has 0 atom stereocenters. The van der Waals surface area contributed by atoms with Crippen LogP contribution in [0.5, 0.6) is 0 Å². The summed E-state index contributed by atoms with van der Waals surface area (Å²) in [7, 11) is 0. The molecule has 1 N–H and O–H groups in total. The molecule has 1 fully saturated rings. The number of carbonyl (C=O) groups excluding carboxylic acids is 1. The Hall–Kier alpha value is -1.20. The number of carbonyl (C=O) groups is 1.